The van der Waals surface area contributed by atoms with Crippen molar-refractivity contribution in [3.63, 3.8) is 0 Å². The van der Waals surface area contributed by atoms with E-state index in [0.29, 0.717) is 17.7 Å². The van der Waals surface area contributed by atoms with Crippen molar-refractivity contribution in [2.24, 2.45) is 5.92 Å². The van der Waals surface area contributed by atoms with Gasteiger partial charge in [-0.2, -0.15) is 0 Å². The zero-order valence-corrected chi connectivity index (χ0v) is 16.6. The van der Waals surface area contributed by atoms with Gasteiger partial charge in [-0.15, -0.1) is 11.3 Å². The second kappa shape index (κ2) is 7.04. The van der Waals surface area contributed by atoms with Gasteiger partial charge in [-0.25, -0.2) is 0 Å². The molecule has 2 aromatic rings. The maximum atomic E-state index is 12.9. The maximum absolute atomic E-state index is 12.9. The first-order chi connectivity index (χ1) is 13.2. The number of hydrogen-bond donors (Lipinski definition) is 2. The van der Waals surface area contributed by atoms with Crippen LogP contribution in [-0.4, -0.2) is 67.1 Å². The largest absolute Gasteiger partial charge is 0.361 e. The molecule has 6 rings (SSSR count). The van der Waals surface area contributed by atoms with Crippen LogP contribution in [0.4, 0.5) is 5.00 Å². The summed E-state index contributed by atoms with van der Waals surface area (Å²) in [5.74, 6) is 0.582. The van der Waals surface area contributed by atoms with Gasteiger partial charge < -0.3 is 15.5 Å². The first kappa shape index (κ1) is 17.4. The van der Waals surface area contributed by atoms with E-state index in [4.69, 9.17) is 0 Å². The average Bonchev–Trinajstić information content (AvgIpc) is 3.15. The number of fused-ring (bicyclic) bond motifs is 4. The van der Waals surface area contributed by atoms with E-state index in [-0.39, 0.29) is 11.9 Å². The number of pyridine rings is 1. The SMILES string of the molecule is CC1C(NC(=O)c2cc3sc(N4CCNCC4)cc3cn2)C2CCN1CC2. The number of piperidine rings is 3. The van der Waals surface area contributed by atoms with Crippen LogP contribution in [0.1, 0.15) is 30.3 Å². The Bertz CT molecular complexity index is 836. The second-order valence-electron chi connectivity index (χ2n) is 8.04. The summed E-state index contributed by atoms with van der Waals surface area (Å²) < 4.78 is 1.14. The molecule has 0 saturated carbocycles. The third kappa shape index (κ3) is 3.22. The molecule has 7 heteroatoms. The Morgan fingerprint density at radius 2 is 2.00 bits per heavy atom. The van der Waals surface area contributed by atoms with Gasteiger partial charge in [-0.3, -0.25) is 14.7 Å². The highest BCUT2D eigenvalue weighted by molar-refractivity contribution is 7.22. The van der Waals surface area contributed by atoms with E-state index < -0.39 is 0 Å². The van der Waals surface area contributed by atoms with Crippen molar-refractivity contribution in [1.82, 2.24) is 20.5 Å². The summed E-state index contributed by atoms with van der Waals surface area (Å²) in [4.78, 5) is 22.3. The van der Waals surface area contributed by atoms with Crippen LogP contribution in [0, 0.1) is 5.92 Å². The normalized spacial score (nSPS) is 30.6. The fraction of sp³-hybridized carbons (Fsp3) is 0.600. The zero-order chi connectivity index (χ0) is 18.4. The number of aromatic nitrogens is 1. The molecule has 1 amide bonds. The Hall–Kier alpha value is -1.70. The Labute approximate surface area is 163 Å². The quantitative estimate of drug-likeness (QED) is 0.845. The standard InChI is InChI=1S/C20H27N5OS/c1-13-19(14-2-6-24(13)7-3-14)23-20(26)16-11-17-15(12-22-16)10-18(27-17)25-8-4-21-5-9-25/h10-14,19,21H,2-9H2,1H3,(H,23,26). The molecule has 4 aliphatic heterocycles. The number of carbonyl (C=O) groups is 1. The number of hydrogen-bond acceptors (Lipinski definition) is 6. The Morgan fingerprint density at radius 1 is 1.22 bits per heavy atom. The summed E-state index contributed by atoms with van der Waals surface area (Å²) in [6.07, 6.45) is 4.24. The van der Waals surface area contributed by atoms with Crippen LogP contribution in [-0.2, 0) is 0 Å². The third-order valence-corrected chi connectivity index (χ3v) is 7.68. The minimum atomic E-state index is -0.0281. The minimum Gasteiger partial charge on any atom is -0.361 e. The number of amides is 1. The number of rotatable bonds is 3. The van der Waals surface area contributed by atoms with Gasteiger partial charge >= 0.3 is 0 Å². The topological polar surface area (TPSA) is 60.5 Å². The first-order valence-corrected chi connectivity index (χ1v) is 10.9. The molecule has 6 heterocycles. The molecule has 4 saturated heterocycles. The molecule has 0 spiro atoms. The summed E-state index contributed by atoms with van der Waals surface area (Å²) in [6.45, 7) is 8.71. The molecule has 2 unspecified atom stereocenters. The fourth-order valence-corrected chi connectivity index (χ4v) is 5.98. The van der Waals surface area contributed by atoms with Gasteiger partial charge in [0.1, 0.15) is 5.69 Å². The van der Waals surface area contributed by atoms with Crippen LogP contribution < -0.4 is 15.5 Å². The highest BCUT2D eigenvalue weighted by Gasteiger charge is 2.40. The lowest BCUT2D eigenvalue weighted by Crippen LogP contribution is -2.62. The van der Waals surface area contributed by atoms with Gasteiger partial charge in [-0.05, 0) is 50.9 Å². The van der Waals surface area contributed by atoms with Crippen molar-refractivity contribution in [3.05, 3.63) is 24.0 Å². The summed E-state index contributed by atoms with van der Waals surface area (Å²) in [7, 11) is 0. The van der Waals surface area contributed by atoms with Crippen molar-refractivity contribution in [3.8, 4) is 0 Å². The molecule has 27 heavy (non-hydrogen) atoms. The van der Waals surface area contributed by atoms with Gasteiger partial charge in [0.25, 0.3) is 5.91 Å². The highest BCUT2D eigenvalue weighted by atomic mass is 32.1. The highest BCUT2D eigenvalue weighted by Crippen LogP contribution is 2.34. The third-order valence-electron chi connectivity index (χ3n) is 6.53. The van der Waals surface area contributed by atoms with Crippen molar-refractivity contribution < 1.29 is 4.79 Å². The Balaban J connectivity index is 1.34. The van der Waals surface area contributed by atoms with Crippen LogP contribution in [0.3, 0.4) is 0 Å². The predicted octanol–water partition coefficient (Wildman–Crippen LogP) is 1.92. The lowest BCUT2D eigenvalue weighted by molar-refractivity contribution is 0.0216. The summed E-state index contributed by atoms with van der Waals surface area (Å²) in [5.41, 5.74) is 0.542. The first-order valence-electron chi connectivity index (χ1n) is 10.1. The van der Waals surface area contributed by atoms with Gasteiger partial charge in [0.15, 0.2) is 0 Å². The van der Waals surface area contributed by atoms with E-state index in [1.54, 1.807) is 11.3 Å². The predicted molar refractivity (Wildman–Crippen MR) is 110 cm³/mol. The fourth-order valence-electron chi connectivity index (χ4n) is 4.86. The van der Waals surface area contributed by atoms with Gasteiger partial charge in [0, 0.05) is 54.5 Å². The lowest BCUT2D eigenvalue weighted by atomic mass is 9.79. The molecule has 0 radical (unpaired) electrons. The lowest BCUT2D eigenvalue weighted by Gasteiger charge is -2.49. The number of thiophene rings is 1. The van der Waals surface area contributed by atoms with Crippen molar-refractivity contribution in [2.75, 3.05) is 44.2 Å². The molecule has 2 N–H and O–H groups in total. The van der Waals surface area contributed by atoms with Crippen molar-refractivity contribution in [1.29, 1.82) is 0 Å². The minimum absolute atomic E-state index is 0.0281. The van der Waals surface area contributed by atoms with Crippen LogP contribution in [0.2, 0.25) is 0 Å². The maximum Gasteiger partial charge on any atom is 0.270 e. The van der Waals surface area contributed by atoms with E-state index in [2.05, 4.69) is 38.4 Å². The van der Waals surface area contributed by atoms with Crippen LogP contribution in [0.5, 0.6) is 0 Å². The van der Waals surface area contributed by atoms with Gasteiger partial charge in [0.05, 0.1) is 5.00 Å². The number of piperazine rings is 1. The molecule has 0 aromatic carbocycles. The number of anilines is 1. The molecular formula is C20H27N5OS. The molecule has 2 aromatic heterocycles. The molecular weight excluding hydrogens is 358 g/mol. The van der Waals surface area contributed by atoms with E-state index in [9.17, 15) is 4.79 Å². The Morgan fingerprint density at radius 3 is 2.74 bits per heavy atom. The average molecular weight is 386 g/mol. The van der Waals surface area contributed by atoms with Crippen LogP contribution in [0.15, 0.2) is 18.3 Å². The van der Waals surface area contributed by atoms with Crippen molar-refractivity contribution >= 4 is 32.3 Å². The summed E-state index contributed by atoms with van der Waals surface area (Å²) in [5, 5.41) is 9.09. The molecule has 4 aliphatic rings. The summed E-state index contributed by atoms with van der Waals surface area (Å²) in [6, 6.07) is 4.84. The Kier molecular flexibility index (Phi) is 4.53. The number of carbonyl (C=O) groups excluding carboxylic acids is 1. The number of nitrogens with zero attached hydrogens (tertiary/aromatic N) is 3. The van der Waals surface area contributed by atoms with Crippen molar-refractivity contribution in [2.45, 2.75) is 31.8 Å². The summed E-state index contributed by atoms with van der Waals surface area (Å²) >= 11 is 1.76. The molecule has 6 nitrogen and oxygen atoms in total. The van der Waals surface area contributed by atoms with Gasteiger partial charge in [0.2, 0.25) is 0 Å². The monoisotopic (exact) mass is 385 g/mol. The second-order valence-corrected chi connectivity index (χ2v) is 9.10. The van der Waals surface area contributed by atoms with Gasteiger partial charge in [-0.1, -0.05) is 0 Å². The van der Waals surface area contributed by atoms with Crippen LogP contribution >= 0.6 is 11.3 Å². The zero-order valence-electron chi connectivity index (χ0n) is 15.8. The molecule has 2 bridgehead atoms. The molecule has 144 valence electrons. The van der Waals surface area contributed by atoms with E-state index in [1.807, 2.05) is 12.3 Å². The smallest absolute Gasteiger partial charge is 0.270 e. The van der Waals surface area contributed by atoms with E-state index in [0.717, 1.165) is 36.3 Å². The molecule has 4 fully saturated rings. The molecule has 2 atom stereocenters. The van der Waals surface area contributed by atoms with E-state index in [1.165, 1.54) is 30.9 Å². The van der Waals surface area contributed by atoms with E-state index >= 15 is 0 Å². The number of nitrogens with one attached hydrogen (secondary N) is 2. The molecule has 0 aliphatic carbocycles. The van der Waals surface area contributed by atoms with Crippen LogP contribution in [0.25, 0.3) is 10.1 Å².